The van der Waals surface area contributed by atoms with Crippen molar-refractivity contribution in [3.8, 4) is 0 Å². The van der Waals surface area contributed by atoms with Gasteiger partial charge in [0.15, 0.2) is 5.76 Å². The number of carbonyl (C=O) groups is 2. The first-order valence-electron chi connectivity index (χ1n) is 5.11. The molecule has 94 valence electrons. The van der Waals surface area contributed by atoms with Crippen molar-refractivity contribution in [3.63, 3.8) is 0 Å². The molecule has 0 radical (unpaired) electrons. The minimum atomic E-state index is -1.15. The zero-order valence-corrected chi connectivity index (χ0v) is 9.69. The highest BCUT2D eigenvalue weighted by Gasteiger charge is 2.23. The second-order valence-corrected chi connectivity index (χ2v) is 4.32. The van der Waals surface area contributed by atoms with Crippen molar-refractivity contribution in [1.29, 1.82) is 0 Å². The standard InChI is InChI=1S/C11H15NO5/c1-11(2,3-4-13)12-9(14)8-5-7(6-17-8)10(15)16/h5-6,13H,3-4H2,1-2H3,(H,12,14)(H,15,16). The molecule has 0 bridgehead atoms. The Balaban J connectivity index is 2.73. The van der Waals surface area contributed by atoms with E-state index < -0.39 is 17.4 Å². The van der Waals surface area contributed by atoms with E-state index in [1.807, 2.05) is 0 Å². The van der Waals surface area contributed by atoms with Gasteiger partial charge in [-0.3, -0.25) is 4.79 Å². The third kappa shape index (κ3) is 3.60. The van der Waals surface area contributed by atoms with Gasteiger partial charge in [0, 0.05) is 18.2 Å². The van der Waals surface area contributed by atoms with Gasteiger partial charge in [-0.15, -0.1) is 0 Å². The highest BCUT2D eigenvalue weighted by atomic mass is 16.4. The minimum Gasteiger partial charge on any atom is -0.478 e. The van der Waals surface area contributed by atoms with E-state index >= 15 is 0 Å². The zero-order valence-electron chi connectivity index (χ0n) is 9.69. The molecule has 0 saturated heterocycles. The summed E-state index contributed by atoms with van der Waals surface area (Å²) in [6, 6.07) is 1.16. The van der Waals surface area contributed by atoms with Crippen LogP contribution < -0.4 is 5.32 Å². The van der Waals surface area contributed by atoms with Crippen LogP contribution in [0.25, 0.3) is 0 Å². The van der Waals surface area contributed by atoms with Crippen LogP contribution in [0.2, 0.25) is 0 Å². The Kier molecular flexibility index (Phi) is 3.90. The lowest BCUT2D eigenvalue weighted by Crippen LogP contribution is -2.43. The summed E-state index contributed by atoms with van der Waals surface area (Å²) in [5.74, 6) is -1.72. The van der Waals surface area contributed by atoms with Gasteiger partial charge in [-0.05, 0) is 20.3 Å². The van der Waals surface area contributed by atoms with Crippen LogP contribution >= 0.6 is 0 Å². The predicted molar refractivity (Wildman–Crippen MR) is 58.9 cm³/mol. The van der Waals surface area contributed by atoms with Crippen molar-refractivity contribution < 1.29 is 24.2 Å². The first-order valence-corrected chi connectivity index (χ1v) is 5.11. The lowest BCUT2D eigenvalue weighted by molar-refractivity contribution is 0.0695. The smallest absolute Gasteiger partial charge is 0.338 e. The highest BCUT2D eigenvalue weighted by molar-refractivity contribution is 5.95. The van der Waals surface area contributed by atoms with Gasteiger partial charge < -0.3 is 19.9 Å². The normalized spacial score (nSPS) is 11.2. The van der Waals surface area contributed by atoms with Crippen LogP contribution in [0.5, 0.6) is 0 Å². The van der Waals surface area contributed by atoms with E-state index in [9.17, 15) is 9.59 Å². The van der Waals surface area contributed by atoms with E-state index in [1.54, 1.807) is 13.8 Å². The fourth-order valence-corrected chi connectivity index (χ4v) is 1.28. The topological polar surface area (TPSA) is 99.8 Å². The quantitative estimate of drug-likeness (QED) is 0.710. The van der Waals surface area contributed by atoms with Crippen LogP contribution in [0.3, 0.4) is 0 Å². The first-order chi connectivity index (χ1) is 7.85. The molecule has 1 heterocycles. The largest absolute Gasteiger partial charge is 0.478 e. The number of aliphatic hydroxyl groups excluding tert-OH is 1. The van der Waals surface area contributed by atoms with Crippen molar-refractivity contribution in [2.24, 2.45) is 0 Å². The van der Waals surface area contributed by atoms with Gasteiger partial charge in [0.1, 0.15) is 6.26 Å². The fraction of sp³-hybridized carbons (Fsp3) is 0.455. The summed E-state index contributed by atoms with van der Waals surface area (Å²) in [7, 11) is 0. The van der Waals surface area contributed by atoms with Crippen molar-refractivity contribution in [1.82, 2.24) is 5.32 Å². The lowest BCUT2D eigenvalue weighted by Gasteiger charge is -2.24. The third-order valence-corrected chi connectivity index (χ3v) is 2.26. The summed E-state index contributed by atoms with van der Waals surface area (Å²) in [5.41, 5.74) is -0.655. The molecule has 0 aliphatic heterocycles. The van der Waals surface area contributed by atoms with Crippen molar-refractivity contribution in [2.75, 3.05) is 6.61 Å². The summed E-state index contributed by atoms with van der Waals surface area (Å²) in [4.78, 5) is 22.3. The fourth-order valence-electron chi connectivity index (χ4n) is 1.28. The molecule has 0 atom stereocenters. The number of carboxylic acid groups (broad SMARTS) is 1. The molecule has 0 aliphatic carbocycles. The number of carbonyl (C=O) groups excluding carboxylic acids is 1. The number of nitrogens with one attached hydrogen (secondary N) is 1. The Morgan fingerprint density at radius 1 is 1.47 bits per heavy atom. The molecule has 1 amide bonds. The van der Waals surface area contributed by atoms with E-state index in [1.165, 1.54) is 0 Å². The summed E-state index contributed by atoms with van der Waals surface area (Å²) < 4.78 is 4.86. The van der Waals surface area contributed by atoms with Gasteiger partial charge in [0.25, 0.3) is 5.91 Å². The van der Waals surface area contributed by atoms with Crippen molar-refractivity contribution >= 4 is 11.9 Å². The van der Waals surface area contributed by atoms with Crippen LogP contribution in [0, 0.1) is 0 Å². The summed E-state index contributed by atoms with van der Waals surface area (Å²) in [6.07, 6.45) is 1.40. The second-order valence-electron chi connectivity index (χ2n) is 4.32. The minimum absolute atomic E-state index is 0.0498. The number of carboxylic acids is 1. The third-order valence-electron chi connectivity index (χ3n) is 2.26. The molecular formula is C11H15NO5. The number of aromatic carboxylic acids is 1. The van der Waals surface area contributed by atoms with Crippen LogP contribution in [-0.2, 0) is 0 Å². The number of hydrogen-bond acceptors (Lipinski definition) is 4. The van der Waals surface area contributed by atoms with E-state index in [0.717, 1.165) is 12.3 Å². The summed E-state index contributed by atoms with van der Waals surface area (Å²) in [5, 5.41) is 20.1. The Hall–Kier alpha value is -1.82. The summed E-state index contributed by atoms with van der Waals surface area (Å²) >= 11 is 0. The molecule has 0 saturated carbocycles. The maximum absolute atomic E-state index is 11.7. The molecule has 3 N–H and O–H groups in total. The highest BCUT2D eigenvalue weighted by Crippen LogP contribution is 2.12. The molecule has 0 spiro atoms. The van der Waals surface area contributed by atoms with Gasteiger partial charge >= 0.3 is 5.97 Å². The van der Waals surface area contributed by atoms with Gasteiger partial charge in [0.05, 0.1) is 5.56 Å². The van der Waals surface area contributed by atoms with Crippen LogP contribution in [0.15, 0.2) is 16.7 Å². The maximum Gasteiger partial charge on any atom is 0.338 e. The van der Waals surface area contributed by atoms with Crippen LogP contribution in [0.4, 0.5) is 0 Å². The Morgan fingerprint density at radius 3 is 2.59 bits per heavy atom. The van der Waals surface area contributed by atoms with Gasteiger partial charge in [-0.25, -0.2) is 4.79 Å². The monoisotopic (exact) mass is 241 g/mol. The molecule has 17 heavy (non-hydrogen) atoms. The molecule has 6 nitrogen and oxygen atoms in total. The number of hydrogen-bond donors (Lipinski definition) is 3. The Bertz CT molecular complexity index is 421. The molecule has 0 aromatic carbocycles. The van der Waals surface area contributed by atoms with Crippen LogP contribution in [-0.4, -0.2) is 34.2 Å². The molecule has 1 aromatic rings. The second kappa shape index (κ2) is 5.01. The number of aliphatic hydroxyl groups is 1. The SMILES string of the molecule is CC(C)(CCO)NC(=O)c1cc(C(=O)O)co1. The predicted octanol–water partition coefficient (Wildman–Crippen LogP) is 0.869. The van der Waals surface area contributed by atoms with E-state index in [0.29, 0.717) is 6.42 Å². The number of amides is 1. The average Bonchev–Trinajstić information content (AvgIpc) is 2.64. The molecule has 6 heteroatoms. The number of furan rings is 1. The van der Waals surface area contributed by atoms with E-state index in [-0.39, 0.29) is 17.9 Å². The van der Waals surface area contributed by atoms with E-state index in [2.05, 4.69) is 5.32 Å². The molecular weight excluding hydrogens is 226 g/mol. The molecule has 0 unspecified atom stereocenters. The van der Waals surface area contributed by atoms with Crippen molar-refractivity contribution in [2.45, 2.75) is 25.8 Å². The van der Waals surface area contributed by atoms with Gasteiger partial charge in [-0.1, -0.05) is 0 Å². The lowest BCUT2D eigenvalue weighted by atomic mass is 10.0. The van der Waals surface area contributed by atoms with Crippen molar-refractivity contribution in [3.05, 3.63) is 23.7 Å². The van der Waals surface area contributed by atoms with Gasteiger partial charge in [0.2, 0.25) is 0 Å². The molecule has 0 aliphatic rings. The Morgan fingerprint density at radius 2 is 2.12 bits per heavy atom. The summed E-state index contributed by atoms with van der Waals surface area (Å²) in [6.45, 7) is 3.45. The Labute approximate surface area is 98.2 Å². The zero-order chi connectivity index (χ0) is 13.1. The van der Waals surface area contributed by atoms with E-state index in [4.69, 9.17) is 14.6 Å². The molecule has 1 rings (SSSR count). The first kappa shape index (κ1) is 13.2. The average molecular weight is 241 g/mol. The number of rotatable bonds is 5. The maximum atomic E-state index is 11.7. The molecule has 1 aromatic heterocycles. The van der Waals surface area contributed by atoms with Crippen LogP contribution in [0.1, 0.15) is 41.2 Å². The van der Waals surface area contributed by atoms with Gasteiger partial charge in [-0.2, -0.15) is 0 Å². The molecule has 0 fully saturated rings.